The van der Waals surface area contributed by atoms with Gasteiger partial charge in [-0.1, -0.05) is 0 Å². The predicted molar refractivity (Wildman–Crippen MR) is 55.5 cm³/mol. The fraction of sp³-hybridized carbons (Fsp3) is 0.111. The first-order chi connectivity index (χ1) is 6.98. The Morgan fingerprint density at radius 1 is 1.40 bits per heavy atom. The number of rotatable bonds is 1. The van der Waals surface area contributed by atoms with Gasteiger partial charge in [-0.2, -0.15) is 0 Å². The Morgan fingerprint density at radius 3 is 2.80 bits per heavy atom. The van der Waals surface area contributed by atoms with Crippen molar-refractivity contribution >= 4 is 20.9 Å². The summed E-state index contributed by atoms with van der Waals surface area (Å²) in [5.74, 6) is 0. The molecule has 0 atom stereocenters. The highest BCUT2D eigenvalue weighted by molar-refractivity contribution is 7.90. The summed E-state index contributed by atoms with van der Waals surface area (Å²) in [6.07, 6.45) is 2.53. The van der Waals surface area contributed by atoms with Crippen LogP contribution in [0.3, 0.4) is 0 Å². The van der Waals surface area contributed by atoms with Crippen molar-refractivity contribution in [1.82, 2.24) is 9.97 Å². The minimum Gasteiger partial charge on any atom is -0.305 e. The second-order valence-electron chi connectivity index (χ2n) is 3.18. The van der Waals surface area contributed by atoms with E-state index in [0.717, 1.165) is 6.26 Å². The predicted octanol–water partition coefficient (Wildman–Crippen LogP) is 0.327. The third kappa shape index (κ3) is 1.75. The van der Waals surface area contributed by atoms with Crippen LogP contribution >= 0.6 is 0 Å². The third-order valence-electron chi connectivity index (χ3n) is 1.98. The van der Waals surface area contributed by atoms with Gasteiger partial charge in [-0.15, -0.1) is 0 Å². The minimum absolute atomic E-state index is 0.233. The molecular weight excluding hydrogens is 216 g/mol. The van der Waals surface area contributed by atoms with Crippen LogP contribution in [-0.2, 0) is 9.84 Å². The average molecular weight is 224 g/mol. The van der Waals surface area contributed by atoms with Crippen molar-refractivity contribution in [1.29, 1.82) is 0 Å². The summed E-state index contributed by atoms with van der Waals surface area (Å²) >= 11 is 0. The van der Waals surface area contributed by atoms with Gasteiger partial charge in [-0.25, -0.2) is 13.4 Å². The normalized spacial score (nSPS) is 11.8. The molecule has 5 nitrogen and oxygen atoms in total. The lowest BCUT2D eigenvalue weighted by atomic mass is 10.3. The van der Waals surface area contributed by atoms with Gasteiger partial charge >= 0.3 is 0 Å². The van der Waals surface area contributed by atoms with E-state index in [2.05, 4.69) is 9.97 Å². The molecule has 0 radical (unpaired) electrons. The first kappa shape index (κ1) is 9.85. The van der Waals surface area contributed by atoms with Gasteiger partial charge in [0.1, 0.15) is 10.5 Å². The molecule has 78 valence electrons. The first-order valence-corrected chi connectivity index (χ1v) is 6.06. The van der Waals surface area contributed by atoms with Gasteiger partial charge in [0.05, 0.1) is 0 Å². The van der Waals surface area contributed by atoms with Crippen LogP contribution < -0.4 is 5.56 Å². The molecule has 2 rings (SSSR count). The topological polar surface area (TPSA) is 79.9 Å². The molecule has 0 bridgehead atoms. The summed E-state index contributed by atoms with van der Waals surface area (Å²) in [5.41, 5.74) is -0.251. The van der Waals surface area contributed by atoms with Crippen LogP contribution in [0.2, 0.25) is 0 Å². The highest BCUT2D eigenvalue weighted by Gasteiger charge is 2.13. The van der Waals surface area contributed by atoms with Crippen LogP contribution in [0.25, 0.3) is 11.0 Å². The van der Waals surface area contributed by atoms with E-state index >= 15 is 0 Å². The Morgan fingerprint density at radius 2 is 2.13 bits per heavy atom. The zero-order valence-corrected chi connectivity index (χ0v) is 8.71. The summed E-state index contributed by atoms with van der Waals surface area (Å²) in [7, 11) is -3.50. The number of fused-ring (bicyclic) bond motifs is 1. The fourth-order valence-electron chi connectivity index (χ4n) is 1.29. The molecule has 2 aromatic rings. The van der Waals surface area contributed by atoms with Gasteiger partial charge in [0, 0.05) is 17.8 Å². The molecule has 6 heteroatoms. The molecule has 0 aromatic carbocycles. The van der Waals surface area contributed by atoms with Crippen molar-refractivity contribution < 1.29 is 8.42 Å². The quantitative estimate of drug-likeness (QED) is 0.756. The summed E-state index contributed by atoms with van der Waals surface area (Å²) in [6, 6.07) is 4.69. The Labute approximate surface area is 85.7 Å². The van der Waals surface area contributed by atoms with Gasteiger partial charge in [0.2, 0.25) is 0 Å². The molecule has 0 aliphatic carbocycles. The summed E-state index contributed by atoms with van der Waals surface area (Å²) < 4.78 is 22.5. The van der Waals surface area contributed by atoms with E-state index in [1.807, 2.05) is 0 Å². The molecule has 0 amide bonds. The lowest BCUT2D eigenvalue weighted by Gasteiger charge is -1.99. The number of aromatic amines is 1. The van der Waals surface area contributed by atoms with E-state index in [4.69, 9.17) is 0 Å². The molecule has 1 N–H and O–H groups in total. The SMILES string of the molecule is CS(=O)(=O)c1cc2cccnc2[nH]c1=O. The lowest BCUT2D eigenvalue weighted by molar-refractivity contribution is 0.601. The number of hydrogen-bond donors (Lipinski definition) is 1. The third-order valence-corrected chi connectivity index (χ3v) is 3.08. The molecule has 0 aliphatic heterocycles. The standard InChI is InChI=1S/C9H8N2O3S/c1-15(13,14)7-5-6-3-2-4-10-8(6)11-9(7)12/h2-5H,1H3,(H,10,11,12). The number of hydrogen-bond acceptors (Lipinski definition) is 4. The minimum atomic E-state index is -3.50. The van der Waals surface area contributed by atoms with Gasteiger partial charge in [-0.3, -0.25) is 4.79 Å². The monoisotopic (exact) mass is 224 g/mol. The van der Waals surface area contributed by atoms with Gasteiger partial charge in [-0.05, 0) is 18.2 Å². The number of H-pyrrole nitrogens is 1. The first-order valence-electron chi connectivity index (χ1n) is 4.16. The average Bonchev–Trinajstić information content (AvgIpc) is 2.15. The Bertz CT molecular complexity index is 673. The van der Waals surface area contributed by atoms with Crippen molar-refractivity contribution in [2.45, 2.75) is 4.90 Å². The van der Waals surface area contributed by atoms with Crippen LogP contribution in [0.5, 0.6) is 0 Å². The van der Waals surface area contributed by atoms with E-state index in [-0.39, 0.29) is 4.90 Å². The van der Waals surface area contributed by atoms with Crippen LogP contribution in [0, 0.1) is 0 Å². The number of nitrogens with zero attached hydrogens (tertiary/aromatic N) is 1. The van der Waals surface area contributed by atoms with Crippen LogP contribution in [0.4, 0.5) is 0 Å². The Hall–Kier alpha value is -1.69. The highest BCUT2D eigenvalue weighted by atomic mass is 32.2. The maximum atomic E-state index is 11.4. The molecule has 0 aliphatic rings. The fourth-order valence-corrected chi connectivity index (χ4v) is 2.02. The molecular formula is C9H8N2O3S. The molecule has 0 unspecified atom stereocenters. The van der Waals surface area contributed by atoms with Crippen molar-refractivity contribution in [3.8, 4) is 0 Å². The van der Waals surface area contributed by atoms with Crippen LogP contribution in [-0.4, -0.2) is 24.6 Å². The van der Waals surface area contributed by atoms with E-state index in [9.17, 15) is 13.2 Å². The smallest absolute Gasteiger partial charge is 0.268 e. The molecule has 0 saturated heterocycles. The molecule has 0 fully saturated rings. The molecule has 0 spiro atoms. The van der Waals surface area contributed by atoms with Gasteiger partial charge < -0.3 is 4.98 Å². The second kappa shape index (κ2) is 3.16. The number of aromatic nitrogens is 2. The van der Waals surface area contributed by atoms with Crippen LogP contribution in [0.1, 0.15) is 0 Å². The van der Waals surface area contributed by atoms with E-state index in [1.165, 1.54) is 12.3 Å². The van der Waals surface area contributed by atoms with Gasteiger partial charge in [0.25, 0.3) is 5.56 Å². The Balaban J connectivity index is 2.91. The van der Waals surface area contributed by atoms with E-state index in [1.54, 1.807) is 12.1 Å². The molecule has 2 heterocycles. The van der Waals surface area contributed by atoms with Crippen LogP contribution in [0.15, 0.2) is 34.1 Å². The zero-order valence-electron chi connectivity index (χ0n) is 7.89. The summed E-state index contributed by atoms with van der Waals surface area (Å²) in [4.78, 5) is 17.5. The van der Waals surface area contributed by atoms with Crippen molar-refractivity contribution in [3.05, 3.63) is 34.7 Å². The number of sulfone groups is 1. The molecule has 0 saturated carbocycles. The lowest BCUT2D eigenvalue weighted by Crippen LogP contribution is -2.16. The van der Waals surface area contributed by atoms with E-state index in [0.29, 0.717) is 11.0 Å². The van der Waals surface area contributed by atoms with Gasteiger partial charge in [0.15, 0.2) is 9.84 Å². The molecule has 2 aromatic heterocycles. The summed E-state index contributed by atoms with van der Waals surface area (Å²) in [6.45, 7) is 0. The zero-order chi connectivity index (χ0) is 11.1. The Kier molecular flexibility index (Phi) is 2.08. The second-order valence-corrected chi connectivity index (χ2v) is 5.16. The summed E-state index contributed by atoms with van der Waals surface area (Å²) in [5, 5.41) is 0.595. The maximum Gasteiger partial charge on any atom is 0.268 e. The number of nitrogens with one attached hydrogen (secondary N) is 1. The van der Waals surface area contributed by atoms with Crippen molar-refractivity contribution in [2.75, 3.05) is 6.26 Å². The maximum absolute atomic E-state index is 11.4. The molecule has 15 heavy (non-hydrogen) atoms. The van der Waals surface area contributed by atoms with E-state index < -0.39 is 15.4 Å². The number of pyridine rings is 2. The largest absolute Gasteiger partial charge is 0.305 e. The van der Waals surface area contributed by atoms with Crippen molar-refractivity contribution in [2.24, 2.45) is 0 Å². The van der Waals surface area contributed by atoms with Crippen molar-refractivity contribution in [3.63, 3.8) is 0 Å². The highest BCUT2D eigenvalue weighted by Crippen LogP contribution is 2.10.